The molecule has 2 N–H and O–H groups in total. The Balaban J connectivity index is 2.24. The van der Waals surface area contributed by atoms with E-state index in [-0.39, 0.29) is 11.4 Å². The van der Waals surface area contributed by atoms with Gasteiger partial charge in [0.1, 0.15) is 5.82 Å². The van der Waals surface area contributed by atoms with Crippen LogP contribution in [0.4, 0.5) is 24.7 Å². The number of rotatable bonds is 3. The summed E-state index contributed by atoms with van der Waals surface area (Å²) in [6, 6.07) is 7.11. The van der Waals surface area contributed by atoms with Crippen molar-refractivity contribution in [2.24, 2.45) is 0 Å². The molecule has 0 aliphatic carbocycles. The number of pyridine rings is 1. The molecule has 2 aromatic rings. The molecule has 110 valence electrons. The minimum absolute atomic E-state index is 0.0527. The zero-order valence-electron chi connectivity index (χ0n) is 10.9. The third-order valence-corrected chi connectivity index (χ3v) is 2.69. The van der Waals surface area contributed by atoms with Crippen molar-refractivity contribution in [1.82, 2.24) is 4.98 Å². The van der Waals surface area contributed by atoms with Gasteiger partial charge in [0.05, 0.1) is 11.1 Å². The Morgan fingerprint density at radius 3 is 2.33 bits per heavy atom. The third-order valence-electron chi connectivity index (χ3n) is 2.69. The quantitative estimate of drug-likeness (QED) is 0.903. The molecule has 0 saturated heterocycles. The lowest BCUT2D eigenvalue weighted by Gasteiger charge is -2.10. The Kier molecular flexibility index (Phi) is 3.84. The molecule has 1 aromatic carbocycles. The van der Waals surface area contributed by atoms with E-state index < -0.39 is 17.7 Å². The highest BCUT2D eigenvalue weighted by molar-refractivity contribution is 5.88. The van der Waals surface area contributed by atoms with E-state index in [1.54, 1.807) is 6.92 Å². The Bertz CT molecular complexity index is 667. The monoisotopic (exact) mass is 296 g/mol. The number of aromatic nitrogens is 1. The number of nitrogens with one attached hydrogen (secondary N) is 1. The molecule has 1 heterocycles. The number of carboxylic acids is 1. The summed E-state index contributed by atoms with van der Waals surface area (Å²) in [7, 11) is 0. The molecule has 0 fully saturated rings. The second-order valence-electron chi connectivity index (χ2n) is 4.39. The normalized spacial score (nSPS) is 11.2. The molecule has 0 amide bonds. The van der Waals surface area contributed by atoms with Gasteiger partial charge < -0.3 is 10.4 Å². The van der Waals surface area contributed by atoms with Gasteiger partial charge >= 0.3 is 12.1 Å². The largest absolute Gasteiger partial charge is 0.478 e. The van der Waals surface area contributed by atoms with E-state index in [9.17, 15) is 18.0 Å². The molecule has 0 saturated carbocycles. The molecule has 0 spiro atoms. The standard InChI is InChI=1S/C14H11F3N2O2/c1-8-6-9(13(20)21)7-12(18-8)19-11-4-2-10(3-5-11)14(15,16)17/h2-7H,1H3,(H,18,19)(H,20,21). The lowest BCUT2D eigenvalue weighted by Crippen LogP contribution is -2.05. The molecule has 4 nitrogen and oxygen atoms in total. The first-order chi connectivity index (χ1) is 9.75. The molecule has 0 atom stereocenters. The Morgan fingerprint density at radius 2 is 1.81 bits per heavy atom. The third kappa shape index (κ3) is 3.71. The van der Waals surface area contributed by atoms with Crippen molar-refractivity contribution in [2.45, 2.75) is 13.1 Å². The molecule has 7 heteroatoms. The van der Waals surface area contributed by atoms with Crippen LogP contribution < -0.4 is 5.32 Å². The lowest BCUT2D eigenvalue weighted by molar-refractivity contribution is -0.137. The summed E-state index contributed by atoms with van der Waals surface area (Å²) >= 11 is 0. The number of hydrogen-bond donors (Lipinski definition) is 2. The molecule has 0 aliphatic heterocycles. The van der Waals surface area contributed by atoms with Gasteiger partial charge in [0, 0.05) is 11.4 Å². The van der Waals surface area contributed by atoms with E-state index in [4.69, 9.17) is 5.11 Å². The zero-order chi connectivity index (χ0) is 15.6. The molecular formula is C14H11F3N2O2. The molecule has 0 unspecified atom stereocenters. The number of hydrogen-bond acceptors (Lipinski definition) is 3. The highest BCUT2D eigenvalue weighted by atomic mass is 19.4. The van der Waals surface area contributed by atoms with Crippen LogP contribution in [0, 0.1) is 6.92 Å². The van der Waals surface area contributed by atoms with E-state index in [0.717, 1.165) is 12.1 Å². The molecule has 21 heavy (non-hydrogen) atoms. The van der Waals surface area contributed by atoms with Crippen LogP contribution in [-0.2, 0) is 6.18 Å². The van der Waals surface area contributed by atoms with Crippen molar-refractivity contribution in [2.75, 3.05) is 5.32 Å². The number of alkyl halides is 3. The van der Waals surface area contributed by atoms with Crippen LogP contribution >= 0.6 is 0 Å². The number of halogens is 3. The molecule has 2 rings (SSSR count). The summed E-state index contributed by atoms with van der Waals surface area (Å²) in [6.07, 6.45) is -4.39. The van der Waals surface area contributed by atoms with E-state index in [0.29, 0.717) is 11.4 Å². The topological polar surface area (TPSA) is 62.2 Å². The van der Waals surface area contributed by atoms with Gasteiger partial charge in [-0.2, -0.15) is 13.2 Å². The minimum atomic E-state index is -4.39. The maximum Gasteiger partial charge on any atom is 0.416 e. The second kappa shape index (κ2) is 5.43. The van der Waals surface area contributed by atoms with Gasteiger partial charge in [0.2, 0.25) is 0 Å². The Hall–Kier alpha value is -2.57. The summed E-state index contributed by atoms with van der Waals surface area (Å²) in [6.45, 7) is 1.63. The fraction of sp³-hybridized carbons (Fsp3) is 0.143. The average Bonchev–Trinajstić information content (AvgIpc) is 2.37. The van der Waals surface area contributed by atoms with Crippen molar-refractivity contribution in [3.05, 3.63) is 53.2 Å². The number of benzene rings is 1. The minimum Gasteiger partial charge on any atom is -0.478 e. The molecule has 0 radical (unpaired) electrons. The van der Waals surface area contributed by atoms with Crippen LogP contribution in [0.25, 0.3) is 0 Å². The Morgan fingerprint density at radius 1 is 1.19 bits per heavy atom. The van der Waals surface area contributed by atoms with Gasteiger partial charge in [-0.1, -0.05) is 0 Å². The van der Waals surface area contributed by atoms with E-state index in [1.165, 1.54) is 24.3 Å². The van der Waals surface area contributed by atoms with E-state index in [1.807, 2.05) is 0 Å². The van der Waals surface area contributed by atoms with Gasteiger partial charge in [-0.15, -0.1) is 0 Å². The van der Waals surface area contributed by atoms with Gasteiger partial charge in [0.15, 0.2) is 0 Å². The van der Waals surface area contributed by atoms with Crippen LogP contribution in [0.15, 0.2) is 36.4 Å². The van der Waals surface area contributed by atoms with Crippen molar-refractivity contribution in [1.29, 1.82) is 0 Å². The molecule has 0 aliphatic rings. The average molecular weight is 296 g/mol. The van der Waals surface area contributed by atoms with E-state index >= 15 is 0 Å². The summed E-state index contributed by atoms with van der Waals surface area (Å²) in [5.41, 5.74) is 0.176. The summed E-state index contributed by atoms with van der Waals surface area (Å²) in [5, 5.41) is 11.7. The predicted molar refractivity (Wildman–Crippen MR) is 70.7 cm³/mol. The van der Waals surface area contributed by atoms with Crippen LogP contribution in [-0.4, -0.2) is 16.1 Å². The molecular weight excluding hydrogens is 285 g/mol. The fourth-order valence-corrected chi connectivity index (χ4v) is 1.75. The second-order valence-corrected chi connectivity index (χ2v) is 4.39. The number of aromatic carboxylic acids is 1. The van der Waals surface area contributed by atoms with Crippen LogP contribution in [0.2, 0.25) is 0 Å². The van der Waals surface area contributed by atoms with Gasteiger partial charge in [-0.3, -0.25) is 0 Å². The first-order valence-electron chi connectivity index (χ1n) is 5.92. The van der Waals surface area contributed by atoms with Crippen molar-refractivity contribution < 1.29 is 23.1 Å². The molecule has 1 aromatic heterocycles. The highest BCUT2D eigenvalue weighted by Gasteiger charge is 2.29. The zero-order valence-corrected chi connectivity index (χ0v) is 10.9. The highest BCUT2D eigenvalue weighted by Crippen LogP contribution is 2.30. The maximum atomic E-state index is 12.4. The fourth-order valence-electron chi connectivity index (χ4n) is 1.75. The number of nitrogens with zero attached hydrogens (tertiary/aromatic N) is 1. The lowest BCUT2D eigenvalue weighted by atomic mass is 10.2. The van der Waals surface area contributed by atoms with Gasteiger partial charge in [0.25, 0.3) is 0 Å². The SMILES string of the molecule is Cc1cc(C(=O)O)cc(Nc2ccc(C(F)(F)F)cc2)n1. The summed E-state index contributed by atoms with van der Waals surface area (Å²) < 4.78 is 37.3. The van der Waals surface area contributed by atoms with Crippen LogP contribution in [0.3, 0.4) is 0 Å². The van der Waals surface area contributed by atoms with Crippen molar-refractivity contribution >= 4 is 17.5 Å². The van der Waals surface area contributed by atoms with Crippen LogP contribution in [0.5, 0.6) is 0 Å². The van der Waals surface area contributed by atoms with E-state index in [2.05, 4.69) is 10.3 Å². The molecule has 0 bridgehead atoms. The summed E-state index contributed by atoms with van der Waals surface area (Å²) in [5.74, 6) is -0.844. The van der Waals surface area contributed by atoms with Crippen LogP contribution in [0.1, 0.15) is 21.6 Å². The smallest absolute Gasteiger partial charge is 0.416 e. The maximum absolute atomic E-state index is 12.4. The van der Waals surface area contributed by atoms with Crippen molar-refractivity contribution in [3.63, 3.8) is 0 Å². The number of carbonyl (C=O) groups is 1. The number of aryl methyl sites for hydroxylation is 1. The first-order valence-corrected chi connectivity index (χ1v) is 5.92. The van der Waals surface area contributed by atoms with Gasteiger partial charge in [-0.25, -0.2) is 9.78 Å². The number of anilines is 2. The first kappa shape index (κ1) is 14.8. The summed E-state index contributed by atoms with van der Waals surface area (Å²) in [4.78, 5) is 15.0. The predicted octanol–water partition coefficient (Wildman–Crippen LogP) is 3.85. The van der Waals surface area contributed by atoms with Crippen molar-refractivity contribution in [3.8, 4) is 0 Å². The van der Waals surface area contributed by atoms with Gasteiger partial charge in [-0.05, 0) is 43.3 Å². The number of carboxylic acid groups (broad SMARTS) is 1. The Labute approximate surface area is 118 Å².